The Morgan fingerprint density at radius 1 is 1.47 bits per heavy atom. The van der Waals surface area contributed by atoms with Crippen LogP contribution in [-0.2, 0) is 6.61 Å². The molecule has 15 heavy (non-hydrogen) atoms. The van der Waals surface area contributed by atoms with Gasteiger partial charge in [-0.3, -0.25) is 0 Å². The van der Waals surface area contributed by atoms with E-state index >= 15 is 0 Å². The molecule has 2 N–H and O–H groups in total. The molecule has 0 amide bonds. The summed E-state index contributed by atoms with van der Waals surface area (Å²) in [5.74, 6) is -1.64. The molecule has 2 aromatic rings. The van der Waals surface area contributed by atoms with E-state index in [1.165, 1.54) is 12.1 Å². The second-order valence-electron chi connectivity index (χ2n) is 2.99. The molecule has 0 spiro atoms. The molecular formula is C10H7FO3S. The molecule has 3 nitrogen and oxygen atoms in total. The zero-order valence-corrected chi connectivity index (χ0v) is 8.34. The number of halogens is 1. The van der Waals surface area contributed by atoms with Gasteiger partial charge in [-0.05, 0) is 12.1 Å². The number of fused-ring (bicyclic) bond motifs is 1. The largest absolute Gasteiger partial charge is 0.477 e. The summed E-state index contributed by atoms with van der Waals surface area (Å²) in [6.45, 7) is -0.470. The second-order valence-corrected chi connectivity index (χ2v) is 4.04. The summed E-state index contributed by atoms with van der Waals surface area (Å²) in [5.41, 5.74) is 0.153. The quantitative estimate of drug-likeness (QED) is 0.825. The van der Waals surface area contributed by atoms with Crippen LogP contribution in [0.3, 0.4) is 0 Å². The van der Waals surface area contributed by atoms with Crippen LogP contribution >= 0.6 is 11.3 Å². The summed E-state index contributed by atoms with van der Waals surface area (Å²) in [5, 5.41) is 18.1. The highest BCUT2D eigenvalue weighted by molar-refractivity contribution is 7.21. The molecule has 0 unspecified atom stereocenters. The summed E-state index contributed by atoms with van der Waals surface area (Å²) < 4.78 is 14.0. The lowest BCUT2D eigenvalue weighted by molar-refractivity contribution is 0.0699. The van der Waals surface area contributed by atoms with Crippen molar-refractivity contribution < 1.29 is 19.4 Å². The van der Waals surface area contributed by atoms with Crippen molar-refractivity contribution in [1.82, 2.24) is 0 Å². The van der Waals surface area contributed by atoms with Crippen LogP contribution in [0.5, 0.6) is 0 Å². The van der Waals surface area contributed by atoms with E-state index in [1.807, 2.05) is 0 Å². The van der Waals surface area contributed by atoms with Crippen LogP contribution in [0.1, 0.15) is 15.2 Å². The molecule has 0 saturated heterocycles. The van der Waals surface area contributed by atoms with E-state index in [-0.39, 0.29) is 15.8 Å². The first kappa shape index (κ1) is 10.1. The lowest BCUT2D eigenvalue weighted by atomic mass is 10.1. The average molecular weight is 226 g/mol. The highest BCUT2D eigenvalue weighted by Gasteiger charge is 2.18. The predicted octanol–water partition coefficient (Wildman–Crippen LogP) is 2.23. The number of hydrogen-bond donors (Lipinski definition) is 2. The van der Waals surface area contributed by atoms with Crippen LogP contribution in [0, 0.1) is 5.82 Å². The van der Waals surface area contributed by atoms with Crippen LogP contribution < -0.4 is 0 Å². The monoisotopic (exact) mass is 226 g/mol. The number of rotatable bonds is 2. The predicted molar refractivity (Wildman–Crippen MR) is 54.7 cm³/mol. The lowest BCUT2D eigenvalue weighted by Crippen LogP contribution is -1.97. The first-order chi connectivity index (χ1) is 7.15. The number of aliphatic hydroxyl groups is 1. The van der Waals surface area contributed by atoms with E-state index in [4.69, 9.17) is 10.2 Å². The van der Waals surface area contributed by atoms with Crippen molar-refractivity contribution in [3.8, 4) is 0 Å². The van der Waals surface area contributed by atoms with E-state index < -0.39 is 18.4 Å². The molecular weight excluding hydrogens is 219 g/mol. The third-order valence-corrected chi connectivity index (χ3v) is 3.30. The van der Waals surface area contributed by atoms with Gasteiger partial charge in [-0.2, -0.15) is 0 Å². The van der Waals surface area contributed by atoms with Gasteiger partial charge >= 0.3 is 5.97 Å². The van der Waals surface area contributed by atoms with Gasteiger partial charge in [0.15, 0.2) is 0 Å². The molecule has 0 saturated carbocycles. The number of carboxylic acids is 1. The van der Waals surface area contributed by atoms with Crippen molar-refractivity contribution in [3.63, 3.8) is 0 Å². The van der Waals surface area contributed by atoms with Gasteiger partial charge in [0.05, 0.1) is 6.61 Å². The molecule has 0 fully saturated rings. The normalized spacial score (nSPS) is 10.8. The van der Waals surface area contributed by atoms with Crippen molar-refractivity contribution in [3.05, 3.63) is 34.5 Å². The highest BCUT2D eigenvalue weighted by atomic mass is 32.1. The fraction of sp³-hybridized carbons (Fsp3) is 0.100. The first-order valence-electron chi connectivity index (χ1n) is 4.19. The molecule has 0 aliphatic carbocycles. The SMILES string of the molecule is O=C(O)c1sc2cccc(F)c2c1CO. The summed E-state index contributed by atoms with van der Waals surface area (Å²) in [6, 6.07) is 4.40. The molecule has 0 atom stereocenters. The Morgan fingerprint density at radius 2 is 2.20 bits per heavy atom. The number of aromatic carboxylic acids is 1. The topological polar surface area (TPSA) is 57.5 Å². The minimum absolute atomic E-state index is 0.00222. The Labute approximate surface area is 88.4 Å². The van der Waals surface area contributed by atoms with Gasteiger partial charge < -0.3 is 10.2 Å². The van der Waals surface area contributed by atoms with E-state index in [0.717, 1.165) is 11.3 Å². The molecule has 1 aromatic carbocycles. The van der Waals surface area contributed by atoms with Crippen LogP contribution in [-0.4, -0.2) is 16.2 Å². The number of carbonyl (C=O) groups is 1. The summed E-state index contributed by atoms with van der Waals surface area (Å²) in [7, 11) is 0. The first-order valence-corrected chi connectivity index (χ1v) is 5.01. The Balaban J connectivity index is 2.86. The molecule has 78 valence electrons. The van der Waals surface area contributed by atoms with E-state index in [1.54, 1.807) is 6.07 Å². The van der Waals surface area contributed by atoms with Gasteiger partial charge in [0.25, 0.3) is 0 Å². The van der Waals surface area contributed by atoms with Crippen molar-refractivity contribution in [2.75, 3.05) is 0 Å². The zero-order chi connectivity index (χ0) is 11.0. The molecule has 5 heteroatoms. The fourth-order valence-electron chi connectivity index (χ4n) is 1.49. The summed E-state index contributed by atoms with van der Waals surface area (Å²) in [4.78, 5) is 10.8. The van der Waals surface area contributed by atoms with Crippen LogP contribution in [0.25, 0.3) is 10.1 Å². The maximum Gasteiger partial charge on any atom is 0.346 e. The number of aliphatic hydroxyl groups excluding tert-OH is 1. The van der Waals surface area contributed by atoms with E-state index in [9.17, 15) is 9.18 Å². The molecule has 1 aromatic heterocycles. The Morgan fingerprint density at radius 3 is 2.80 bits per heavy atom. The maximum absolute atomic E-state index is 13.4. The second kappa shape index (κ2) is 3.60. The molecule has 0 aliphatic rings. The van der Waals surface area contributed by atoms with E-state index in [2.05, 4.69) is 0 Å². The third-order valence-electron chi connectivity index (χ3n) is 2.12. The van der Waals surface area contributed by atoms with Crippen molar-refractivity contribution in [1.29, 1.82) is 0 Å². The minimum atomic E-state index is -1.14. The minimum Gasteiger partial charge on any atom is -0.477 e. The van der Waals surface area contributed by atoms with Gasteiger partial charge in [0.1, 0.15) is 10.7 Å². The maximum atomic E-state index is 13.4. The Hall–Kier alpha value is -1.46. The van der Waals surface area contributed by atoms with Gasteiger partial charge in [0, 0.05) is 15.6 Å². The molecule has 0 bridgehead atoms. The standard InChI is InChI=1S/C10H7FO3S/c11-6-2-1-3-7-8(6)5(4-12)9(15-7)10(13)14/h1-3,12H,4H2,(H,13,14). The zero-order valence-electron chi connectivity index (χ0n) is 7.53. The Bertz CT molecular complexity index is 533. The van der Waals surface area contributed by atoms with Gasteiger partial charge in [-0.15, -0.1) is 11.3 Å². The van der Waals surface area contributed by atoms with Crippen molar-refractivity contribution in [2.24, 2.45) is 0 Å². The highest BCUT2D eigenvalue weighted by Crippen LogP contribution is 2.33. The van der Waals surface area contributed by atoms with Crippen molar-refractivity contribution >= 4 is 27.4 Å². The smallest absolute Gasteiger partial charge is 0.346 e. The molecule has 0 aliphatic heterocycles. The number of benzene rings is 1. The van der Waals surface area contributed by atoms with Gasteiger partial charge in [-0.25, -0.2) is 9.18 Å². The molecule has 0 radical (unpaired) electrons. The summed E-state index contributed by atoms with van der Waals surface area (Å²) in [6.07, 6.45) is 0. The molecule has 1 heterocycles. The third kappa shape index (κ3) is 1.49. The van der Waals surface area contributed by atoms with Crippen molar-refractivity contribution in [2.45, 2.75) is 6.61 Å². The van der Waals surface area contributed by atoms with Crippen LogP contribution in [0.4, 0.5) is 4.39 Å². The number of hydrogen-bond acceptors (Lipinski definition) is 3. The van der Waals surface area contributed by atoms with E-state index in [0.29, 0.717) is 4.70 Å². The Kier molecular flexibility index (Phi) is 2.42. The number of carboxylic acid groups (broad SMARTS) is 1. The van der Waals surface area contributed by atoms with Crippen LogP contribution in [0.15, 0.2) is 18.2 Å². The van der Waals surface area contributed by atoms with Crippen LogP contribution in [0.2, 0.25) is 0 Å². The van der Waals surface area contributed by atoms with Gasteiger partial charge in [-0.1, -0.05) is 6.07 Å². The molecule has 2 rings (SSSR count). The number of thiophene rings is 1. The fourth-order valence-corrected chi connectivity index (χ4v) is 2.56. The average Bonchev–Trinajstić information content (AvgIpc) is 2.57. The summed E-state index contributed by atoms with van der Waals surface area (Å²) >= 11 is 0.971. The van der Waals surface area contributed by atoms with Gasteiger partial charge in [0.2, 0.25) is 0 Å². The lowest BCUT2D eigenvalue weighted by Gasteiger charge is -1.96.